The number of benzene rings is 2. The van der Waals surface area contributed by atoms with Gasteiger partial charge in [-0.25, -0.2) is 18.4 Å². The Morgan fingerprint density at radius 1 is 0.970 bits per heavy atom. The fourth-order valence-electron chi connectivity index (χ4n) is 3.50. The van der Waals surface area contributed by atoms with Crippen LogP contribution in [0.1, 0.15) is 11.1 Å². The van der Waals surface area contributed by atoms with E-state index in [1.54, 1.807) is 11.0 Å². The second kappa shape index (κ2) is 8.80. The molecule has 1 aromatic heterocycles. The van der Waals surface area contributed by atoms with Crippen molar-refractivity contribution in [3.05, 3.63) is 71.9 Å². The molecule has 0 aliphatic carbocycles. The minimum absolute atomic E-state index is 0.109. The standard InChI is InChI=1S/C22H18F3N5O2S/c23-22(24,25)18-3-1-2-17(14-18)20-8-9-27-21(28-20)29-10-12-30(13-11-29)33(31,32)19-6-4-16(15-26)5-7-19/h1-9,14H,10-13H2. The summed E-state index contributed by atoms with van der Waals surface area (Å²) >= 11 is 0. The molecule has 2 heterocycles. The molecule has 1 aliphatic heterocycles. The molecule has 0 spiro atoms. The number of aromatic nitrogens is 2. The van der Waals surface area contributed by atoms with Crippen LogP contribution in [-0.4, -0.2) is 48.9 Å². The fourth-order valence-corrected chi connectivity index (χ4v) is 4.92. The molecule has 1 fully saturated rings. The minimum atomic E-state index is -4.46. The van der Waals surface area contributed by atoms with E-state index in [2.05, 4.69) is 9.97 Å². The average Bonchev–Trinajstić information content (AvgIpc) is 2.84. The van der Waals surface area contributed by atoms with Crippen LogP contribution in [0.5, 0.6) is 0 Å². The van der Waals surface area contributed by atoms with Gasteiger partial charge in [0.05, 0.1) is 27.8 Å². The minimum Gasteiger partial charge on any atom is -0.338 e. The SMILES string of the molecule is N#Cc1ccc(S(=O)(=O)N2CCN(c3nccc(-c4cccc(C(F)(F)F)c4)n3)CC2)cc1. The molecule has 0 radical (unpaired) electrons. The summed E-state index contributed by atoms with van der Waals surface area (Å²) < 4.78 is 66.2. The number of halogens is 3. The first-order chi connectivity index (χ1) is 15.7. The molecule has 1 saturated heterocycles. The van der Waals surface area contributed by atoms with Crippen molar-refractivity contribution in [2.75, 3.05) is 31.1 Å². The lowest BCUT2D eigenvalue weighted by Crippen LogP contribution is -2.49. The molecule has 0 unspecified atom stereocenters. The largest absolute Gasteiger partial charge is 0.416 e. The lowest BCUT2D eigenvalue weighted by molar-refractivity contribution is -0.137. The van der Waals surface area contributed by atoms with Crippen LogP contribution in [0.4, 0.5) is 19.1 Å². The van der Waals surface area contributed by atoms with E-state index < -0.39 is 21.8 Å². The molecule has 170 valence electrons. The Morgan fingerprint density at radius 2 is 1.67 bits per heavy atom. The summed E-state index contributed by atoms with van der Waals surface area (Å²) in [4.78, 5) is 10.5. The zero-order valence-corrected chi connectivity index (χ0v) is 18.0. The van der Waals surface area contributed by atoms with Gasteiger partial charge >= 0.3 is 6.18 Å². The molecule has 7 nitrogen and oxygen atoms in total. The average molecular weight is 473 g/mol. The molecule has 0 saturated carbocycles. The summed E-state index contributed by atoms with van der Waals surface area (Å²) in [5, 5.41) is 8.88. The lowest BCUT2D eigenvalue weighted by atomic mass is 10.1. The number of rotatable bonds is 4. The Labute approximate surface area is 188 Å². The van der Waals surface area contributed by atoms with Gasteiger partial charge in [-0.05, 0) is 42.5 Å². The van der Waals surface area contributed by atoms with Gasteiger partial charge in [0.2, 0.25) is 16.0 Å². The number of hydrogen-bond acceptors (Lipinski definition) is 6. The smallest absolute Gasteiger partial charge is 0.338 e. The fraction of sp³-hybridized carbons (Fsp3) is 0.227. The van der Waals surface area contributed by atoms with Gasteiger partial charge in [0.25, 0.3) is 0 Å². The Balaban J connectivity index is 1.49. The van der Waals surface area contributed by atoms with Gasteiger partial charge < -0.3 is 4.90 Å². The van der Waals surface area contributed by atoms with Gasteiger partial charge in [0, 0.05) is 37.9 Å². The normalized spacial score (nSPS) is 15.3. The molecule has 0 N–H and O–H groups in total. The highest BCUT2D eigenvalue weighted by atomic mass is 32.2. The molecule has 3 aromatic rings. The predicted octanol–water partition coefficient (Wildman–Crippen LogP) is 3.54. The van der Waals surface area contributed by atoms with Gasteiger partial charge in [0.1, 0.15) is 0 Å². The molecule has 0 amide bonds. The first-order valence-electron chi connectivity index (χ1n) is 9.94. The number of piperazine rings is 1. The Morgan fingerprint density at radius 3 is 2.30 bits per heavy atom. The van der Waals surface area contributed by atoms with Crippen molar-refractivity contribution in [2.24, 2.45) is 0 Å². The van der Waals surface area contributed by atoms with E-state index in [0.717, 1.165) is 12.1 Å². The van der Waals surface area contributed by atoms with Crippen molar-refractivity contribution in [1.29, 1.82) is 5.26 Å². The second-order valence-corrected chi connectivity index (χ2v) is 9.29. The highest BCUT2D eigenvalue weighted by Gasteiger charge is 2.31. The van der Waals surface area contributed by atoms with Crippen molar-refractivity contribution in [1.82, 2.24) is 14.3 Å². The van der Waals surface area contributed by atoms with Crippen LogP contribution in [-0.2, 0) is 16.2 Å². The summed E-state index contributed by atoms with van der Waals surface area (Å²) in [5.74, 6) is 0.320. The topological polar surface area (TPSA) is 90.2 Å². The second-order valence-electron chi connectivity index (χ2n) is 7.35. The van der Waals surface area contributed by atoms with Crippen LogP contribution in [0, 0.1) is 11.3 Å². The third-order valence-corrected chi connectivity index (χ3v) is 7.18. The van der Waals surface area contributed by atoms with Gasteiger partial charge in [-0.1, -0.05) is 12.1 Å². The molecular weight excluding hydrogens is 455 g/mol. The van der Waals surface area contributed by atoms with Crippen molar-refractivity contribution in [2.45, 2.75) is 11.1 Å². The van der Waals surface area contributed by atoms with Gasteiger partial charge in [-0.15, -0.1) is 0 Å². The zero-order valence-electron chi connectivity index (χ0n) is 17.2. The number of alkyl halides is 3. The first kappa shape index (κ1) is 22.7. The van der Waals surface area contributed by atoms with Gasteiger partial charge in [-0.3, -0.25) is 0 Å². The highest BCUT2D eigenvalue weighted by molar-refractivity contribution is 7.89. The molecule has 2 aromatic carbocycles. The number of hydrogen-bond donors (Lipinski definition) is 0. The van der Waals surface area contributed by atoms with E-state index >= 15 is 0 Å². The van der Waals surface area contributed by atoms with Crippen molar-refractivity contribution in [3.8, 4) is 17.3 Å². The highest BCUT2D eigenvalue weighted by Crippen LogP contribution is 2.32. The monoisotopic (exact) mass is 473 g/mol. The predicted molar refractivity (Wildman–Crippen MR) is 115 cm³/mol. The van der Waals surface area contributed by atoms with Gasteiger partial charge in [0.15, 0.2) is 0 Å². The maximum absolute atomic E-state index is 13.0. The van der Waals surface area contributed by atoms with E-state index in [0.29, 0.717) is 35.9 Å². The van der Waals surface area contributed by atoms with Crippen LogP contribution in [0.15, 0.2) is 65.7 Å². The van der Waals surface area contributed by atoms with Crippen LogP contribution in [0.25, 0.3) is 11.3 Å². The Hall–Kier alpha value is -3.49. The van der Waals surface area contributed by atoms with E-state index in [1.807, 2.05) is 6.07 Å². The molecule has 33 heavy (non-hydrogen) atoms. The number of sulfonamides is 1. The zero-order chi connectivity index (χ0) is 23.6. The van der Waals surface area contributed by atoms with Crippen LogP contribution in [0.2, 0.25) is 0 Å². The first-order valence-corrected chi connectivity index (χ1v) is 11.4. The third kappa shape index (κ3) is 4.81. The summed E-state index contributed by atoms with van der Waals surface area (Å²) in [6.45, 7) is 1.03. The van der Waals surface area contributed by atoms with Gasteiger partial charge in [-0.2, -0.15) is 22.7 Å². The molecule has 4 rings (SSSR count). The molecule has 0 atom stereocenters. The maximum atomic E-state index is 13.0. The summed E-state index contributed by atoms with van der Waals surface area (Å²) in [7, 11) is -3.71. The van der Waals surface area contributed by atoms with E-state index in [4.69, 9.17) is 5.26 Å². The number of nitrogens with zero attached hydrogens (tertiary/aromatic N) is 5. The van der Waals surface area contributed by atoms with Crippen LogP contribution < -0.4 is 4.90 Å². The third-order valence-electron chi connectivity index (χ3n) is 5.27. The van der Waals surface area contributed by atoms with Crippen molar-refractivity contribution >= 4 is 16.0 Å². The molecular formula is C22H18F3N5O2S. The van der Waals surface area contributed by atoms with E-state index in [1.165, 1.54) is 46.9 Å². The lowest BCUT2D eigenvalue weighted by Gasteiger charge is -2.34. The Bertz CT molecular complexity index is 1300. The quantitative estimate of drug-likeness (QED) is 0.576. The van der Waals surface area contributed by atoms with Crippen molar-refractivity contribution in [3.63, 3.8) is 0 Å². The number of anilines is 1. The van der Waals surface area contributed by atoms with E-state index in [-0.39, 0.29) is 18.0 Å². The molecule has 1 aliphatic rings. The number of nitriles is 1. The maximum Gasteiger partial charge on any atom is 0.416 e. The van der Waals surface area contributed by atoms with Crippen LogP contribution >= 0.6 is 0 Å². The molecule has 11 heteroatoms. The summed E-state index contributed by atoms with van der Waals surface area (Å²) in [5.41, 5.74) is 0.271. The Kier molecular flexibility index (Phi) is 6.05. The molecule has 0 bridgehead atoms. The summed E-state index contributed by atoms with van der Waals surface area (Å²) in [6, 6.07) is 14.1. The van der Waals surface area contributed by atoms with E-state index in [9.17, 15) is 21.6 Å². The van der Waals surface area contributed by atoms with Crippen LogP contribution in [0.3, 0.4) is 0 Å². The van der Waals surface area contributed by atoms with Crippen molar-refractivity contribution < 1.29 is 21.6 Å². The summed E-state index contributed by atoms with van der Waals surface area (Å²) in [6.07, 6.45) is -2.99.